The number of nitrogens with one attached hydrogen (secondary N) is 1. The molecule has 0 bridgehead atoms. The monoisotopic (exact) mass is 240 g/mol. The Bertz CT molecular complexity index is 453. The van der Waals surface area contributed by atoms with Gasteiger partial charge in [0.05, 0.1) is 0 Å². The van der Waals surface area contributed by atoms with Gasteiger partial charge in [0, 0.05) is 18.6 Å². The lowest BCUT2D eigenvalue weighted by molar-refractivity contribution is 0.473. The van der Waals surface area contributed by atoms with Gasteiger partial charge in [-0.25, -0.2) is 0 Å². The Morgan fingerprint density at radius 1 is 0.889 bits per heavy atom. The maximum absolute atomic E-state index is 5.87. The van der Waals surface area contributed by atoms with Crippen molar-refractivity contribution in [3.63, 3.8) is 0 Å². The van der Waals surface area contributed by atoms with Crippen molar-refractivity contribution in [2.75, 3.05) is 6.54 Å². The average molecular weight is 240 g/mol. The molecule has 0 aliphatic heterocycles. The number of nitrogens with two attached hydrogens (primary N) is 1. The summed E-state index contributed by atoms with van der Waals surface area (Å²) in [4.78, 5) is 0. The Hall–Kier alpha value is -1.64. The predicted molar refractivity (Wildman–Crippen MR) is 76.2 cm³/mol. The van der Waals surface area contributed by atoms with Gasteiger partial charge < -0.3 is 11.1 Å². The highest BCUT2D eigenvalue weighted by Crippen LogP contribution is 2.18. The zero-order valence-electron chi connectivity index (χ0n) is 10.7. The third-order valence-corrected chi connectivity index (χ3v) is 3.19. The molecule has 2 nitrogen and oxygen atoms in total. The van der Waals surface area contributed by atoms with Crippen LogP contribution in [0.1, 0.15) is 30.1 Å². The van der Waals surface area contributed by atoms with E-state index in [-0.39, 0.29) is 6.04 Å². The van der Waals surface area contributed by atoms with E-state index in [1.807, 2.05) is 24.3 Å². The third kappa shape index (κ3) is 3.19. The minimum atomic E-state index is 0.196. The van der Waals surface area contributed by atoms with Gasteiger partial charge in [-0.15, -0.1) is 0 Å². The van der Waals surface area contributed by atoms with Crippen LogP contribution in [0.5, 0.6) is 0 Å². The van der Waals surface area contributed by atoms with Gasteiger partial charge in [-0.05, 0) is 18.1 Å². The minimum absolute atomic E-state index is 0.196. The van der Waals surface area contributed by atoms with Gasteiger partial charge >= 0.3 is 0 Å². The van der Waals surface area contributed by atoms with Crippen LogP contribution >= 0.6 is 0 Å². The van der Waals surface area contributed by atoms with Crippen LogP contribution in [0.25, 0.3) is 0 Å². The van der Waals surface area contributed by atoms with Crippen LogP contribution in [0.2, 0.25) is 0 Å². The van der Waals surface area contributed by atoms with Gasteiger partial charge in [0.15, 0.2) is 0 Å². The Morgan fingerprint density at radius 2 is 1.39 bits per heavy atom. The van der Waals surface area contributed by atoms with Crippen LogP contribution < -0.4 is 11.1 Å². The second-order valence-corrected chi connectivity index (χ2v) is 4.50. The summed E-state index contributed by atoms with van der Waals surface area (Å²) in [7, 11) is 0. The van der Waals surface area contributed by atoms with E-state index >= 15 is 0 Å². The van der Waals surface area contributed by atoms with Crippen molar-refractivity contribution >= 4 is 0 Å². The largest absolute Gasteiger partial charge is 0.329 e. The van der Waals surface area contributed by atoms with E-state index in [9.17, 15) is 0 Å². The molecule has 0 radical (unpaired) electrons. The van der Waals surface area contributed by atoms with Crippen LogP contribution in [-0.4, -0.2) is 6.54 Å². The average Bonchev–Trinajstić information content (AvgIpc) is 2.46. The first-order valence-corrected chi connectivity index (χ1v) is 6.37. The molecule has 0 amide bonds. The van der Waals surface area contributed by atoms with Crippen molar-refractivity contribution in [2.45, 2.75) is 19.0 Å². The molecule has 2 rings (SSSR count). The molecule has 0 heterocycles. The molecule has 0 saturated carbocycles. The lowest BCUT2D eigenvalue weighted by atomic mass is 10.0. The van der Waals surface area contributed by atoms with E-state index in [1.165, 1.54) is 11.1 Å². The zero-order chi connectivity index (χ0) is 12.8. The first-order chi connectivity index (χ1) is 8.81. The van der Waals surface area contributed by atoms with E-state index in [0.29, 0.717) is 12.6 Å². The summed E-state index contributed by atoms with van der Waals surface area (Å²) in [5.74, 6) is 0. The molecular weight excluding hydrogens is 220 g/mol. The fourth-order valence-corrected chi connectivity index (χ4v) is 2.13. The summed E-state index contributed by atoms with van der Waals surface area (Å²) in [5, 5.41) is 3.57. The molecule has 2 aromatic carbocycles. The van der Waals surface area contributed by atoms with Gasteiger partial charge in [0.2, 0.25) is 0 Å². The Balaban J connectivity index is 2.07. The van der Waals surface area contributed by atoms with Crippen molar-refractivity contribution in [3.05, 3.63) is 71.8 Å². The van der Waals surface area contributed by atoms with E-state index in [1.54, 1.807) is 0 Å². The maximum atomic E-state index is 5.87. The van der Waals surface area contributed by atoms with Crippen LogP contribution in [0.4, 0.5) is 0 Å². The second kappa shape index (κ2) is 6.34. The summed E-state index contributed by atoms with van der Waals surface area (Å²) in [6.07, 6.45) is 0. The lowest BCUT2D eigenvalue weighted by Crippen LogP contribution is -2.30. The Kier molecular flexibility index (Phi) is 4.51. The zero-order valence-corrected chi connectivity index (χ0v) is 10.7. The molecule has 3 N–H and O–H groups in total. The predicted octanol–water partition coefficient (Wildman–Crippen LogP) is 3.04. The summed E-state index contributed by atoms with van der Waals surface area (Å²) in [6.45, 7) is 2.77. The molecule has 18 heavy (non-hydrogen) atoms. The fraction of sp³-hybridized carbons (Fsp3) is 0.250. The molecule has 2 atom stereocenters. The van der Waals surface area contributed by atoms with E-state index in [4.69, 9.17) is 5.73 Å². The van der Waals surface area contributed by atoms with Gasteiger partial charge in [-0.1, -0.05) is 60.7 Å². The Labute approximate surface area is 109 Å². The molecule has 94 valence electrons. The highest BCUT2D eigenvalue weighted by Gasteiger charge is 2.13. The fourth-order valence-electron chi connectivity index (χ4n) is 2.13. The minimum Gasteiger partial charge on any atom is -0.329 e. The number of rotatable bonds is 5. The molecule has 0 saturated heterocycles. The maximum Gasteiger partial charge on any atom is 0.0449 e. The smallest absolute Gasteiger partial charge is 0.0449 e. The van der Waals surface area contributed by atoms with Crippen molar-refractivity contribution < 1.29 is 0 Å². The van der Waals surface area contributed by atoms with Gasteiger partial charge in [-0.3, -0.25) is 0 Å². The Morgan fingerprint density at radius 3 is 1.89 bits per heavy atom. The highest BCUT2D eigenvalue weighted by atomic mass is 15.0. The standard InChI is InChI=1S/C16H20N2/c1-13(14-8-4-2-5-9-14)18-16(12-17)15-10-6-3-7-11-15/h2-11,13,16,18H,12,17H2,1H3. The lowest BCUT2D eigenvalue weighted by Gasteiger charge is -2.23. The topological polar surface area (TPSA) is 38.0 Å². The normalized spacial score (nSPS) is 14.1. The summed E-state index contributed by atoms with van der Waals surface area (Å²) < 4.78 is 0. The van der Waals surface area contributed by atoms with E-state index < -0.39 is 0 Å². The molecule has 0 fully saturated rings. The quantitative estimate of drug-likeness (QED) is 0.843. The first-order valence-electron chi connectivity index (χ1n) is 6.37. The molecule has 0 aliphatic carbocycles. The van der Waals surface area contributed by atoms with Crippen molar-refractivity contribution in [1.29, 1.82) is 0 Å². The molecular formula is C16H20N2. The summed E-state index contributed by atoms with van der Waals surface area (Å²) in [6, 6.07) is 21.3. The van der Waals surface area contributed by atoms with Crippen LogP contribution in [0.15, 0.2) is 60.7 Å². The van der Waals surface area contributed by atoms with Crippen molar-refractivity contribution in [1.82, 2.24) is 5.32 Å². The molecule has 2 aromatic rings. The highest BCUT2D eigenvalue weighted by molar-refractivity contribution is 5.22. The summed E-state index contributed by atoms with van der Waals surface area (Å²) in [5.41, 5.74) is 8.39. The van der Waals surface area contributed by atoms with Crippen LogP contribution in [0.3, 0.4) is 0 Å². The van der Waals surface area contributed by atoms with E-state index in [0.717, 1.165) is 0 Å². The first kappa shape index (κ1) is 12.8. The van der Waals surface area contributed by atoms with Crippen molar-refractivity contribution in [3.8, 4) is 0 Å². The molecule has 0 aliphatic rings. The molecule has 0 aromatic heterocycles. The third-order valence-electron chi connectivity index (χ3n) is 3.19. The molecule has 0 spiro atoms. The number of benzene rings is 2. The van der Waals surface area contributed by atoms with Gasteiger partial charge in [0.25, 0.3) is 0 Å². The van der Waals surface area contributed by atoms with Gasteiger partial charge in [-0.2, -0.15) is 0 Å². The van der Waals surface area contributed by atoms with Crippen molar-refractivity contribution in [2.24, 2.45) is 5.73 Å². The van der Waals surface area contributed by atoms with E-state index in [2.05, 4.69) is 48.6 Å². The number of hydrogen-bond acceptors (Lipinski definition) is 2. The van der Waals surface area contributed by atoms with Crippen LogP contribution in [0, 0.1) is 0 Å². The number of hydrogen-bond donors (Lipinski definition) is 2. The van der Waals surface area contributed by atoms with Gasteiger partial charge in [0.1, 0.15) is 0 Å². The van der Waals surface area contributed by atoms with Crippen LogP contribution in [-0.2, 0) is 0 Å². The molecule has 2 unspecified atom stereocenters. The second-order valence-electron chi connectivity index (χ2n) is 4.50. The SMILES string of the molecule is CC(NC(CN)c1ccccc1)c1ccccc1. The summed E-state index contributed by atoms with van der Waals surface area (Å²) >= 11 is 0. The molecule has 2 heteroatoms.